The highest BCUT2D eigenvalue weighted by Crippen LogP contribution is 2.35. The van der Waals surface area contributed by atoms with Crippen LogP contribution in [0.4, 0.5) is 0 Å². The average Bonchev–Trinajstić information content (AvgIpc) is 2.41. The van der Waals surface area contributed by atoms with Crippen molar-refractivity contribution >= 4 is 0 Å². The molecule has 0 aliphatic heterocycles. The van der Waals surface area contributed by atoms with Crippen molar-refractivity contribution in [2.75, 3.05) is 6.61 Å². The van der Waals surface area contributed by atoms with Crippen LogP contribution in [-0.2, 0) is 6.54 Å². The lowest BCUT2D eigenvalue weighted by atomic mass is 9.88. The molecular weight excluding hydrogens is 238 g/mol. The van der Waals surface area contributed by atoms with Crippen LogP contribution in [0.2, 0.25) is 0 Å². The summed E-state index contributed by atoms with van der Waals surface area (Å²) in [6, 6.07) is 5.96. The Morgan fingerprint density at radius 2 is 2.16 bits per heavy atom. The molecule has 2 N–H and O–H groups in total. The first-order valence-electron chi connectivity index (χ1n) is 7.36. The summed E-state index contributed by atoms with van der Waals surface area (Å²) in [6.45, 7) is 5.42. The second-order valence-electron chi connectivity index (χ2n) is 5.39. The summed E-state index contributed by atoms with van der Waals surface area (Å²) in [5, 5.41) is 0. The molecule has 3 nitrogen and oxygen atoms in total. The third kappa shape index (κ3) is 3.63. The highest BCUT2D eigenvalue weighted by atomic mass is 16.5. The van der Waals surface area contributed by atoms with Gasteiger partial charge in [-0.25, -0.2) is 0 Å². The number of hydrogen-bond donors (Lipinski definition) is 1. The van der Waals surface area contributed by atoms with Gasteiger partial charge in [0.05, 0.1) is 12.7 Å². The zero-order valence-electron chi connectivity index (χ0n) is 12.0. The van der Waals surface area contributed by atoms with Gasteiger partial charge < -0.3 is 15.2 Å². The predicted octanol–water partition coefficient (Wildman–Crippen LogP) is 3.50. The van der Waals surface area contributed by atoms with Gasteiger partial charge in [0.25, 0.3) is 0 Å². The van der Waals surface area contributed by atoms with Crippen LogP contribution in [0.25, 0.3) is 0 Å². The zero-order chi connectivity index (χ0) is 13.7. The molecule has 2 rings (SSSR count). The van der Waals surface area contributed by atoms with E-state index in [9.17, 15) is 0 Å². The molecule has 0 heterocycles. The lowest BCUT2D eigenvalue weighted by molar-refractivity contribution is 0.122. The third-order valence-electron chi connectivity index (χ3n) is 3.75. The maximum atomic E-state index is 6.23. The Kier molecular flexibility index (Phi) is 5.08. The van der Waals surface area contributed by atoms with Crippen molar-refractivity contribution in [1.82, 2.24) is 0 Å². The normalized spacial score (nSPS) is 23.1. The lowest BCUT2D eigenvalue weighted by Gasteiger charge is -2.29. The number of rotatable bonds is 5. The van der Waals surface area contributed by atoms with Gasteiger partial charge in [-0.15, -0.1) is 0 Å². The summed E-state index contributed by atoms with van der Waals surface area (Å²) in [5.74, 6) is 2.42. The molecular formula is C16H25NO2. The van der Waals surface area contributed by atoms with Crippen molar-refractivity contribution in [3.8, 4) is 11.5 Å². The summed E-state index contributed by atoms with van der Waals surface area (Å²) >= 11 is 0. The molecule has 3 heteroatoms. The van der Waals surface area contributed by atoms with E-state index in [-0.39, 0.29) is 0 Å². The Morgan fingerprint density at radius 3 is 2.84 bits per heavy atom. The zero-order valence-corrected chi connectivity index (χ0v) is 12.0. The van der Waals surface area contributed by atoms with E-state index in [0.29, 0.717) is 19.3 Å². The molecule has 0 bridgehead atoms. The molecule has 0 radical (unpaired) electrons. The summed E-state index contributed by atoms with van der Waals surface area (Å²) in [6.07, 6.45) is 5.13. The molecule has 1 saturated carbocycles. The van der Waals surface area contributed by atoms with Gasteiger partial charge in [0.15, 0.2) is 11.5 Å². The SMILES string of the molecule is CCOc1cccc(CN)c1OC1CCCC(C)C1. The second kappa shape index (κ2) is 6.80. The molecule has 1 aliphatic rings. The van der Waals surface area contributed by atoms with E-state index in [1.807, 2.05) is 25.1 Å². The van der Waals surface area contributed by atoms with E-state index in [1.165, 1.54) is 12.8 Å². The van der Waals surface area contributed by atoms with Gasteiger partial charge in [-0.1, -0.05) is 25.5 Å². The highest BCUT2D eigenvalue weighted by molar-refractivity contribution is 5.46. The Balaban J connectivity index is 2.16. The molecule has 106 valence electrons. The quantitative estimate of drug-likeness (QED) is 0.884. The summed E-state index contributed by atoms with van der Waals surface area (Å²) < 4.78 is 11.9. The molecule has 0 spiro atoms. The maximum Gasteiger partial charge on any atom is 0.166 e. The maximum absolute atomic E-state index is 6.23. The minimum absolute atomic E-state index is 0.302. The largest absolute Gasteiger partial charge is 0.490 e. The van der Waals surface area contributed by atoms with Gasteiger partial charge in [-0.2, -0.15) is 0 Å². The van der Waals surface area contributed by atoms with Crippen LogP contribution in [0.1, 0.15) is 45.1 Å². The smallest absolute Gasteiger partial charge is 0.166 e. The van der Waals surface area contributed by atoms with Crippen molar-refractivity contribution in [3.63, 3.8) is 0 Å². The van der Waals surface area contributed by atoms with Gasteiger partial charge in [-0.3, -0.25) is 0 Å². The van der Waals surface area contributed by atoms with Crippen molar-refractivity contribution in [2.45, 2.75) is 52.2 Å². The van der Waals surface area contributed by atoms with Gasteiger partial charge in [0.1, 0.15) is 0 Å². The van der Waals surface area contributed by atoms with Gasteiger partial charge in [0.2, 0.25) is 0 Å². The van der Waals surface area contributed by atoms with Gasteiger partial charge in [0, 0.05) is 12.1 Å². The van der Waals surface area contributed by atoms with Crippen LogP contribution < -0.4 is 15.2 Å². The molecule has 1 aromatic rings. The summed E-state index contributed by atoms with van der Waals surface area (Å²) in [5.41, 5.74) is 6.84. The number of para-hydroxylation sites is 1. The number of nitrogens with two attached hydrogens (primary N) is 1. The minimum Gasteiger partial charge on any atom is -0.490 e. The van der Waals surface area contributed by atoms with Crippen molar-refractivity contribution in [3.05, 3.63) is 23.8 Å². The Labute approximate surface area is 116 Å². The van der Waals surface area contributed by atoms with Crippen LogP contribution >= 0.6 is 0 Å². The van der Waals surface area contributed by atoms with E-state index in [4.69, 9.17) is 15.2 Å². The van der Waals surface area contributed by atoms with Crippen LogP contribution in [0.15, 0.2) is 18.2 Å². The molecule has 1 aliphatic carbocycles. The summed E-state index contributed by atoms with van der Waals surface area (Å²) in [4.78, 5) is 0. The second-order valence-corrected chi connectivity index (χ2v) is 5.39. The minimum atomic E-state index is 0.302. The first kappa shape index (κ1) is 14.2. The molecule has 0 aromatic heterocycles. The standard InChI is InChI=1S/C16H25NO2/c1-3-18-15-9-5-7-13(11-17)16(15)19-14-8-4-6-12(2)10-14/h5,7,9,12,14H,3-4,6,8,10-11,17H2,1-2H3. The molecule has 2 atom stereocenters. The number of benzene rings is 1. The van der Waals surface area contributed by atoms with Crippen molar-refractivity contribution < 1.29 is 9.47 Å². The van der Waals surface area contributed by atoms with E-state index < -0.39 is 0 Å². The third-order valence-corrected chi connectivity index (χ3v) is 3.75. The van der Waals surface area contributed by atoms with E-state index in [1.54, 1.807) is 0 Å². The molecule has 2 unspecified atom stereocenters. The highest BCUT2D eigenvalue weighted by Gasteiger charge is 2.22. The van der Waals surface area contributed by atoms with Gasteiger partial charge in [-0.05, 0) is 38.2 Å². The average molecular weight is 263 g/mol. The van der Waals surface area contributed by atoms with Crippen LogP contribution in [0.5, 0.6) is 11.5 Å². The monoisotopic (exact) mass is 263 g/mol. The molecule has 1 aromatic carbocycles. The Bertz CT molecular complexity index is 406. The first-order valence-corrected chi connectivity index (χ1v) is 7.36. The molecule has 1 fully saturated rings. The number of hydrogen-bond acceptors (Lipinski definition) is 3. The van der Waals surface area contributed by atoms with Crippen LogP contribution in [0, 0.1) is 5.92 Å². The topological polar surface area (TPSA) is 44.5 Å². The van der Waals surface area contributed by atoms with Crippen molar-refractivity contribution in [2.24, 2.45) is 11.7 Å². The van der Waals surface area contributed by atoms with E-state index in [0.717, 1.165) is 35.8 Å². The molecule has 0 saturated heterocycles. The van der Waals surface area contributed by atoms with Crippen LogP contribution in [-0.4, -0.2) is 12.7 Å². The lowest BCUT2D eigenvalue weighted by Crippen LogP contribution is -2.25. The fraction of sp³-hybridized carbons (Fsp3) is 0.625. The van der Waals surface area contributed by atoms with Crippen LogP contribution in [0.3, 0.4) is 0 Å². The van der Waals surface area contributed by atoms with Crippen molar-refractivity contribution in [1.29, 1.82) is 0 Å². The van der Waals surface area contributed by atoms with E-state index in [2.05, 4.69) is 6.92 Å². The fourth-order valence-electron chi connectivity index (χ4n) is 2.78. The number of ether oxygens (including phenoxy) is 2. The fourth-order valence-corrected chi connectivity index (χ4v) is 2.78. The Morgan fingerprint density at radius 1 is 1.32 bits per heavy atom. The van der Waals surface area contributed by atoms with Gasteiger partial charge >= 0.3 is 0 Å². The first-order chi connectivity index (χ1) is 9.24. The predicted molar refractivity (Wildman–Crippen MR) is 77.6 cm³/mol. The summed E-state index contributed by atoms with van der Waals surface area (Å²) in [7, 11) is 0. The molecule has 0 amide bonds. The molecule has 19 heavy (non-hydrogen) atoms. The Hall–Kier alpha value is -1.22. The van der Waals surface area contributed by atoms with E-state index >= 15 is 0 Å².